The van der Waals surface area contributed by atoms with Crippen molar-refractivity contribution >= 4 is 21.8 Å². The lowest BCUT2D eigenvalue weighted by molar-refractivity contribution is 0.0390. The van der Waals surface area contributed by atoms with Crippen LogP contribution < -0.4 is 4.74 Å². The van der Waals surface area contributed by atoms with Crippen molar-refractivity contribution in [1.82, 2.24) is 15.0 Å². The molecule has 1 aromatic carbocycles. The standard InChI is InChI=1S/C17H18FN3O3S/c1-12-15(19-7-6-16(12)24-9-8-23-11-18)10-25(22)17-20-13-4-2-3-5-14(13)21-17/h2-7H,8-11H2,1H3,(H,20,21). The summed E-state index contributed by atoms with van der Waals surface area (Å²) in [6.07, 6.45) is 1.60. The van der Waals surface area contributed by atoms with E-state index in [1.807, 2.05) is 31.2 Å². The molecule has 1 unspecified atom stereocenters. The van der Waals surface area contributed by atoms with Crippen molar-refractivity contribution in [1.29, 1.82) is 0 Å². The van der Waals surface area contributed by atoms with Crippen LogP contribution in [0, 0.1) is 6.92 Å². The maximum atomic E-state index is 12.6. The molecule has 1 atom stereocenters. The molecule has 0 saturated carbocycles. The minimum Gasteiger partial charge on any atom is -0.491 e. The molecule has 0 aliphatic heterocycles. The summed E-state index contributed by atoms with van der Waals surface area (Å²) in [6.45, 7) is 1.42. The Labute approximate surface area is 146 Å². The number of halogens is 1. The molecular weight excluding hydrogens is 345 g/mol. The third-order valence-electron chi connectivity index (χ3n) is 3.67. The van der Waals surface area contributed by atoms with Gasteiger partial charge in [-0.15, -0.1) is 0 Å². The smallest absolute Gasteiger partial charge is 0.197 e. The van der Waals surface area contributed by atoms with Crippen LogP contribution >= 0.6 is 0 Å². The summed E-state index contributed by atoms with van der Waals surface area (Å²) >= 11 is 0. The molecule has 8 heteroatoms. The van der Waals surface area contributed by atoms with Crippen LogP contribution in [0.15, 0.2) is 41.7 Å². The molecule has 0 aliphatic rings. The number of H-pyrrole nitrogens is 1. The molecule has 0 fully saturated rings. The Kier molecular flexibility index (Phi) is 5.72. The number of imidazole rings is 1. The summed E-state index contributed by atoms with van der Waals surface area (Å²) in [5.74, 6) is 0.846. The number of hydrogen-bond donors (Lipinski definition) is 1. The van der Waals surface area contributed by atoms with Gasteiger partial charge in [-0.25, -0.2) is 9.37 Å². The van der Waals surface area contributed by atoms with Crippen molar-refractivity contribution in [3.63, 3.8) is 0 Å². The summed E-state index contributed by atoms with van der Waals surface area (Å²) in [5.41, 5.74) is 3.09. The fraction of sp³-hybridized carbons (Fsp3) is 0.294. The SMILES string of the molecule is Cc1c(OCCOCF)ccnc1CS(=O)c1nc2ccccc2[nH]1. The molecule has 25 heavy (non-hydrogen) atoms. The average molecular weight is 363 g/mol. The molecule has 132 valence electrons. The Morgan fingerprint density at radius 3 is 2.88 bits per heavy atom. The van der Waals surface area contributed by atoms with E-state index in [0.29, 0.717) is 16.6 Å². The van der Waals surface area contributed by atoms with E-state index < -0.39 is 17.7 Å². The molecular formula is C17H18FN3O3S. The van der Waals surface area contributed by atoms with Crippen LogP contribution in [0.25, 0.3) is 11.0 Å². The van der Waals surface area contributed by atoms with Crippen molar-refractivity contribution in [3.05, 3.63) is 47.8 Å². The van der Waals surface area contributed by atoms with Crippen molar-refractivity contribution in [3.8, 4) is 5.75 Å². The third kappa shape index (κ3) is 4.21. The number of alkyl halides is 1. The largest absolute Gasteiger partial charge is 0.491 e. The van der Waals surface area contributed by atoms with E-state index in [-0.39, 0.29) is 19.0 Å². The highest BCUT2D eigenvalue weighted by Crippen LogP contribution is 2.22. The van der Waals surface area contributed by atoms with Crippen molar-refractivity contribution in [2.75, 3.05) is 20.1 Å². The summed E-state index contributed by atoms with van der Waals surface area (Å²) in [6, 6.07) is 9.25. The lowest BCUT2D eigenvalue weighted by atomic mass is 10.2. The van der Waals surface area contributed by atoms with E-state index in [1.54, 1.807) is 12.3 Å². The molecule has 0 saturated heterocycles. The van der Waals surface area contributed by atoms with Gasteiger partial charge in [0, 0.05) is 11.8 Å². The zero-order valence-electron chi connectivity index (χ0n) is 13.7. The zero-order valence-corrected chi connectivity index (χ0v) is 14.5. The van der Waals surface area contributed by atoms with Crippen LogP contribution in [-0.4, -0.2) is 39.2 Å². The lowest BCUT2D eigenvalue weighted by Crippen LogP contribution is -2.09. The topological polar surface area (TPSA) is 77.1 Å². The normalized spacial score (nSPS) is 12.4. The van der Waals surface area contributed by atoms with Crippen LogP contribution in [-0.2, 0) is 21.3 Å². The van der Waals surface area contributed by atoms with Gasteiger partial charge in [0.1, 0.15) is 12.4 Å². The molecule has 0 bridgehead atoms. The van der Waals surface area contributed by atoms with Gasteiger partial charge in [-0.2, -0.15) is 0 Å². The van der Waals surface area contributed by atoms with Gasteiger partial charge in [0.15, 0.2) is 12.0 Å². The van der Waals surface area contributed by atoms with E-state index in [1.165, 1.54) is 0 Å². The summed E-state index contributed by atoms with van der Waals surface area (Å²) in [4.78, 5) is 11.7. The summed E-state index contributed by atoms with van der Waals surface area (Å²) in [5, 5.41) is 0.421. The van der Waals surface area contributed by atoms with Crippen LogP contribution in [0.2, 0.25) is 0 Å². The van der Waals surface area contributed by atoms with E-state index in [4.69, 9.17) is 4.74 Å². The first kappa shape index (κ1) is 17.5. The number of benzene rings is 1. The highest BCUT2D eigenvalue weighted by atomic mass is 32.2. The maximum absolute atomic E-state index is 12.6. The molecule has 0 spiro atoms. The van der Waals surface area contributed by atoms with Crippen LogP contribution in [0.3, 0.4) is 0 Å². The first-order valence-corrected chi connectivity index (χ1v) is 9.05. The zero-order chi connectivity index (χ0) is 17.6. The van der Waals surface area contributed by atoms with Gasteiger partial charge in [0.2, 0.25) is 0 Å². The molecule has 3 aromatic rings. The molecule has 3 rings (SSSR count). The number of aromatic amines is 1. The number of ether oxygens (including phenoxy) is 2. The Bertz CT molecular complexity index is 851. The van der Waals surface area contributed by atoms with Crippen molar-refractivity contribution < 1.29 is 18.1 Å². The molecule has 6 nitrogen and oxygen atoms in total. The Morgan fingerprint density at radius 2 is 2.08 bits per heavy atom. The fourth-order valence-corrected chi connectivity index (χ4v) is 3.46. The van der Waals surface area contributed by atoms with E-state index in [9.17, 15) is 8.60 Å². The number of nitrogens with one attached hydrogen (secondary N) is 1. The van der Waals surface area contributed by atoms with E-state index in [0.717, 1.165) is 16.6 Å². The number of fused-ring (bicyclic) bond motifs is 1. The number of nitrogens with zero attached hydrogens (tertiary/aromatic N) is 2. The minimum absolute atomic E-state index is 0.165. The minimum atomic E-state index is -1.35. The van der Waals surface area contributed by atoms with Gasteiger partial charge in [-0.1, -0.05) is 12.1 Å². The number of hydrogen-bond acceptors (Lipinski definition) is 5. The predicted octanol–water partition coefficient (Wildman–Crippen LogP) is 2.90. The quantitative estimate of drug-likeness (QED) is 0.623. The molecule has 0 aliphatic carbocycles. The lowest BCUT2D eigenvalue weighted by Gasteiger charge is -2.11. The molecule has 2 heterocycles. The Morgan fingerprint density at radius 1 is 1.24 bits per heavy atom. The Balaban J connectivity index is 1.72. The fourth-order valence-electron chi connectivity index (χ4n) is 2.36. The molecule has 0 radical (unpaired) electrons. The number of rotatable bonds is 8. The van der Waals surface area contributed by atoms with Gasteiger partial charge < -0.3 is 14.5 Å². The number of pyridine rings is 1. The number of aromatic nitrogens is 3. The van der Waals surface area contributed by atoms with Crippen molar-refractivity contribution in [2.24, 2.45) is 0 Å². The second-order valence-electron chi connectivity index (χ2n) is 5.30. The predicted molar refractivity (Wildman–Crippen MR) is 92.6 cm³/mol. The summed E-state index contributed by atoms with van der Waals surface area (Å²) < 4.78 is 34.7. The monoisotopic (exact) mass is 363 g/mol. The summed E-state index contributed by atoms with van der Waals surface area (Å²) in [7, 11) is -1.35. The van der Waals surface area contributed by atoms with Crippen molar-refractivity contribution in [2.45, 2.75) is 17.8 Å². The third-order valence-corrected chi connectivity index (χ3v) is 4.83. The average Bonchev–Trinajstić information content (AvgIpc) is 3.06. The first-order valence-electron chi connectivity index (χ1n) is 7.73. The second-order valence-corrected chi connectivity index (χ2v) is 6.66. The molecule has 0 amide bonds. The van der Waals surface area contributed by atoms with Gasteiger partial charge in [0.05, 0.1) is 39.9 Å². The van der Waals surface area contributed by atoms with E-state index in [2.05, 4.69) is 19.7 Å². The first-order chi connectivity index (χ1) is 12.2. The number of para-hydroxylation sites is 2. The van der Waals surface area contributed by atoms with Crippen LogP contribution in [0.1, 0.15) is 11.3 Å². The maximum Gasteiger partial charge on any atom is 0.197 e. The molecule has 2 aromatic heterocycles. The van der Waals surface area contributed by atoms with Crippen LogP contribution in [0.5, 0.6) is 5.75 Å². The highest BCUT2D eigenvalue weighted by molar-refractivity contribution is 7.84. The molecule has 1 N–H and O–H groups in total. The second kappa shape index (κ2) is 8.17. The van der Waals surface area contributed by atoms with Gasteiger partial charge in [0.25, 0.3) is 0 Å². The highest BCUT2D eigenvalue weighted by Gasteiger charge is 2.14. The van der Waals surface area contributed by atoms with Gasteiger partial charge in [-0.3, -0.25) is 9.19 Å². The van der Waals surface area contributed by atoms with Gasteiger partial charge in [-0.05, 0) is 25.1 Å². The van der Waals surface area contributed by atoms with E-state index >= 15 is 0 Å². The van der Waals surface area contributed by atoms with Gasteiger partial charge >= 0.3 is 0 Å². The Hall–Kier alpha value is -2.32. The van der Waals surface area contributed by atoms with Crippen LogP contribution in [0.4, 0.5) is 4.39 Å².